The van der Waals surface area contributed by atoms with E-state index in [0.29, 0.717) is 11.7 Å². The quantitative estimate of drug-likeness (QED) is 0.768. The van der Waals surface area contributed by atoms with Crippen molar-refractivity contribution in [3.8, 4) is 0 Å². The van der Waals surface area contributed by atoms with E-state index in [1.54, 1.807) is 4.57 Å². The van der Waals surface area contributed by atoms with E-state index in [2.05, 4.69) is 22.4 Å². The van der Waals surface area contributed by atoms with Crippen LogP contribution in [-0.2, 0) is 11.3 Å². The first-order chi connectivity index (χ1) is 10.6. The van der Waals surface area contributed by atoms with Crippen molar-refractivity contribution in [2.45, 2.75) is 38.4 Å². The van der Waals surface area contributed by atoms with E-state index in [-0.39, 0.29) is 17.3 Å². The van der Waals surface area contributed by atoms with Gasteiger partial charge in [-0.15, -0.1) is 5.10 Å². The van der Waals surface area contributed by atoms with Crippen LogP contribution in [0, 0.1) is 6.92 Å². The average molecular weight is 320 g/mol. The van der Waals surface area contributed by atoms with E-state index in [0.717, 1.165) is 24.1 Å². The summed E-state index contributed by atoms with van der Waals surface area (Å²) in [7, 11) is 0. The van der Waals surface area contributed by atoms with Crippen molar-refractivity contribution in [1.82, 2.24) is 14.8 Å². The Hall–Kier alpha value is -2.02. The molecule has 0 aliphatic heterocycles. The molecule has 0 aliphatic rings. The number of hydrogen-bond donors (Lipinski definition) is 2. The standard InChI is InChI=1S/C15H20N4O2S/c1-3-4-9-19-14(21)17-18-15(19)22-10-13(20)16-12-7-5-11(2)6-8-12/h5-8H,3-4,9-10H2,1-2H3,(H,16,20)(H,17,21). The molecule has 0 saturated carbocycles. The van der Waals surface area contributed by atoms with E-state index in [9.17, 15) is 9.59 Å². The van der Waals surface area contributed by atoms with Gasteiger partial charge in [0.25, 0.3) is 0 Å². The normalized spacial score (nSPS) is 10.6. The number of carbonyl (C=O) groups is 1. The molecule has 1 aromatic heterocycles. The van der Waals surface area contributed by atoms with Gasteiger partial charge >= 0.3 is 5.69 Å². The Labute approximate surface area is 133 Å². The van der Waals surface area contributed by atoms with E-state index >= 15 is 0 Å². The minimum atomic E-state index is -0.227. The fraction of sp³-hybridized carbons (Fsp3) is 0.400. The summed E-state index contributed by atoms with van der Waals surface area (Å²) >= 11 is 1.26. The molecule has 0 fully saturated rings. The van der Waals surface area contributed by atoms with Crippen molar-refractivity contribution in [3.05, 3.63) is 40.3 Å². The highest BCUT2D eigenvalue weighted by molar-refractivity contribution is 7.99. The van der Waals surface area contributed by atoms with Gasteiger partial charge in [0.2, 0.25) is 5.91 Å². The van der Waals surface area contributed by atoms with Crippen molar-refractivity contribution in [1.29, 1.82) is 0 Å². The molecule has 0 bridgehead atoms. The molecule has 1 heterocycles. The molecule has 118 valence electrons. The van der Waals surface area contributed by atoms with Crippen molar-refractivity contribution in [2.24, 2.45) is 0 Å². The van der Waals surface area contributed by atoms with Crippen LogP contribution in [0.1, 0.15) is 25.3 Å². The largest absolute Gasteiger partial charge is 0.343 e. The summed E-state index contributed by atoms with van der Waals surface area (Å²) < 4.78 is 1.58. The zero-order valence-corrected chi connectivity index (χ0v) is 13.6. The predicted molar refractivity (Wildman–Crippen MR) is 88.3 cm³/mol. The molecule has 0 aliphatic carbocycles. The minimum absolute atomic E-state index is 0.119. The molecule has 22 heavy (non-hydrogen) atoms. The highest BCUT2D eigenvalue weighted by Gasteiger charge is 2.11. The number of amides is 1. The summed E-state index contributed by atoms with van der Waals surface area (Å²) in [6.45, 7) is 4.68. The summed E-state index contributed by atoms with van der Waals surface area (Å²) in [5.41, 5.74) is 1.68. The fourth-order valence-electron chi connectivity index (χ4n) is 1.89. The van der Waals surface area contributed by atoms with Crippen LogP contribution >= 0.6 is 11.8 Å². The van der Waals surface area contributed by atoms with Gasteiger partial charge in [-0.2, -0.15) is 0 Å². The lowest BCUT2D eigenvalue weighted by Gasteiger charge is -2.06. The zero-order valence-electron chi connectivity index (χ0n) is 12.8. The molecule has 0 atom stereocenters. The number of rotatable bonds is 7. The van der Waals surface area contributed by atoms with Gasteiger partial charge in [-0.1, -0.05) is 42.8 Å². The monoisotopic (exact) mass is 320 g/mol. The van der Waals surface area contributed by atoms with Crippen LogP contribution in [0.4, 0.5) is 5.69 Å². The third-order valence-corrected chi connectivity index (χ3v) is 4.10. The molecule has 2 N–H and O–H groups in total. The SMILES string of the molecule is CCCCn1c(SCC(=O)Nc2ccc(C)cc2)n[nH]c1=O. The Kier molecular flexibility index (Phi) is 5.83. The second-order valence-corrected chi connectivity index (χ2v) is 5.96. The Bertz CT molecular complexity index is 676. The van der Waals surface area contributed by atoms with Gasteiger partial charge in [0.05, 0.1) is 5.75 Å². The Morgan fingerprint density at radius 1 is 1.36 bits per heavy atom. The maximum absolute atomic E-state index is 11.9. The molecular formula is C15H20N4O2S. The van der Waals surface area contributed by atoms with Gasteiger partial charge in [0, 0.05) is 12.2 Å². The molecule has 1 aromatic carbocycles. The molecular weight excluding hydrogens is 300 g/mol. The summed E-state index contributed by atoms with van der Waals surface area (Å²) in [6, 6.07) is 7.62. The number of anilines is 1. The Morgan fingerprint density at radius 3 is 2.77 bits per heavy atom. The van der Waals surface area contributed by atoms with Crippen LogP contribution in [0.15, 0.2) is 34.2 Å². The van der Waals surface area contributed by atoms with Crippen LogP contribution in [0.5, 0.6) is 0 Å². The first kappa shape index (κ1) is 16.4. The maximum Gasteiger partial charge on any atom is 0.343 e. The number of aromatic amines is 1. The van der Waals surface area contributed by atoms with Crippen LogP contribution in [0.25, 0.3) is 0 Å². The highest BCUT2D eigenvalue weighted by atomic mass is 32.2. The second-order valence-electron chi connectivity index (χ2n) is 5.02. The maximum atomic E-state index is 11.9. The molecule has 0 radical (unpaired) electrons. The van der Waals surface area contributed by atoms with Crippen LogP contribution < -0.4 is 11.0 Å². The van der Waals surface area contributed by atoms with Crippen LogP contribution in [0.3, 0.4) is 0 Å². The van der Waals surface area contributed by atoms with Crippen LogP contribution in [0.2, 0.25) is 0 Å². The number of H-pyrrole nitrogens is 1. The Balaban J connectivity index is 1.91. The van der Waals surface area contributed by atoms with Gasteiger partial charge in [-0.05, 0) is 25.5 Å². The summed E-state index contributed by atoms with van der Waals surface area (Å²) in [5, 5.41) is 9.78. The molecule has 1 amide bonds. The smallest absolute Gasteiger partial charge is 0.325 e. The molecule has 0 saturated heterocycles. The number of carbonyl (C=O) groups excluding carboxylic acids is 1. The lowest BCUT2D eigenvalue weighted by Crippen LogP contribution is -2.19. The van der Waals surface area contributed by atoms with E-state index in [1.807, 2.05) is 31.2 Å². The minimum Gasteiger partial charge on any atom is -0.325 e. The number of unbranched alkanes of at least 4 members (excludes halogenated alkanes) is 1. The van der Waals surface area contributed by atoms with Gasteiger partial charge < -0.3 is 5.32 Å². The molecule has 0 unspecified atom stereocenters. The lowest BCUT2D eigenvalue weighted by atomic mass is 10.2. The van der Waals surface area contributed by atoms with E-state index in [4.69, 9.17) is 0 Å². The predicted octanol–water partition coefficient (Wildman–Crippen LogP) is 2.41. The first-order valence-corrected chi connectivity index (χ1v) is 8.23. The number of aromatic nitrogens is 3. The first-order valence-electron chi connectivity index (χ1n) is 7.24. The fourth-order valence-corrected chi connectivity index (χ4v) is 2.66. The van der Waals surface area contributed by atoms with Gasteiger partial charge in [0.1, 0.15) is 0 Å². The van der Waals surface area contributed by atoms with Crippen molar-refractivity contribution >= 4 is 23.4 Å². The summed E-state index contributed by atoms with van der Waals surface area (Å²) in [4.78, 5) is 23.6. The number of nitrogens with zero attached hydrogens (tertiary/aromatic N) is 2. The number of thioether (sulfide) groups is 1. The number of aryl methyl sites for hydroxylation is 1. The molecule has 7 heteroatoms. The lowest BCUT2D eigenvalue weighted by molar-refractivity contribution is -0.113. The average Bonchev–Trinajstić information content (AvgIpc) is 2.86. The molecule has 0 spiro atoms. The van der Waals surface area contributed by atoms with Crippen molar-refractivity contribution in [2.75, 3.05) is 11.1 Å². The van der Waals surface area contributed by atoms with Gasteiger partial charge in [-0.3, -0.25) is 9.36 Å². The van der Waals surface area contributed by atoms with Crippen LogP contribution in [-0.4, -0.2) is 26.4 Å². The molecule has 2 aromatic rings. The summed E-state index contributed by atoms with van der Waals surface area (Å²) in [5.74, 6) is 0.0935. The molecule has 2 rings (SSSR count). The zero-order chi connectivity index (χ0) is 15.9. The van der Waals surface area contributed by atoms with Gasteiger partial charge in [-0.25, -0.2) is 9.89 Å². The van der Waals surface area contributed by atoms with E-state index < -0.39 is 0 Å². The van der Waals surface area contributed by atoms with Gasteiger partial charge in [0.15, 0.2) is 5.16 Å². The Morgan fingerprint density at radius 2 is 2.09 bits per heavy atom. The van der Waals surface area contributed by atoms with Crippen molar-refractivity contribution < 1.29 is 4.79 Å². The second kappa shape index (κ2) is 7.84. The third-order valence-electron chi connectivity index (χ3n) is 3.13. The summed E-state index contributed by atoms with van der Waals surface area (Å²) in [6.07, 6.45) is 1.90. The highest BCUT2D eigenvalue weighted by Crippen LogP contribution is 2.15. The topological polar surface area (TPSA) is 79.8 Å². The van der Waals surface area contributed by atoms with Crippen molar-refractivity contribution in [3.63, 3.8) is 0 Å². The third kappa shape index (κ3) is 4.49. The number of nitrogens with one attached hydrogen (secondary N) is 2. The number of hydrogen-bond acceptors (Lipinski definition) is 4. The molecule has 6 nitrogen and oxygen atoms in total. The number of benzene rings is 1. The van der Waals surface area contributed by atoms with E-state index in [1.165, 1.54) is 11.8 Å².